The van der Waals surface area contributed by atoms with Crippen LogP contribution in [0.25, 0.3) is 0 Å². The minimum absolute atomic E-state index is 0.00347. The highest BCUT2D eigenvalue weighted by Gasteiger charge is 1.99. The molecule has 49 valence electrons. The maximum atomic E-state index is 10.1. The third-order valence-electron chi connectivity index (χ3n) is 0.767. The lowest BCUT2D eigenvalue weighted by atomic mass is 10.4. The summed E-state index contributed by atoms with van der Waals surface area (Å²) >= 11 is 0. The van der Waals surface area contributed by atoms with E-state index in [-0.39, 0.29) is 5.75 Å². The van der Waals surface area contributed by atoms with E-state index in [1.54, 1.807) is 0 Å². The van der Waals surface area contributed by atoms with Crippen LogP contribution >= 0.6 is 0 Å². The van der Waals surface area contributed by atoms with Gasteiger partial charge in [-0.3, -0.25) is 0 Å². The Hall–Kier alpha value is -0.0900. The molecule has 0 atom stereocenters. The Morgan fingerprint density at radius 1 is 1.50 bits per heavy atom. The van der Waals surface area contributed by atoms with E-state index in [1.807, 2.05) is 6.92 Å². The molecule has 0 unspecified atom stereocenters. The van der Waals surface area contributed by atoms with Gasteiger partial charge in [0, 0.05) is 0 Å². The molecule has 0 bridgehead atoms. The second-order valence-corrected chi connectivity index (χ2v) is 3.31. The van der Waals surface area contributed by atoms with Gasteiger partial charge in [0.05, 0.1) is 5.75 Å². The Kier molecular flexibility index (Phi) is 3.01. The van der Waals surface area contributed by atoms with Crippen molar-refractivity contribution >= 4 is 10.0 Å². The molecule has 0 saturated carbocycles. The van der Waals surface area contributed by atoms with Crippen LogP contribution in [0.3, 0.4) is 0 Å². The van der Waals surface area contributed by atoms with E-state index in [0.717, 1.165) is 6.42 Å². The summed E-state index contributed by atoms with van der Waals surface area (Å²) in [6.45, 7) is 1.89. The molecule has 0 aliphatic heterocycles. The highest BCUT2D eigenvalue weighted by molar-refractivity contribution is 7.88. The molecule has 0 aromatic carbocycles. The van der Waals surface area contributed by atoms with Gasteiger partial charge in [0.25, 0.3) is 0 Å². The van der Waals surface area contributed by atoms with Gasteiger partial charge in [-0.1, -0.05) is 13.3 Å². The van der Waals surface area contributed by atoms with Gasteiger partial charge in [-0.05, 0) is 6.42 Å². The normalized spacial score (nSPS) is 11.8. The SMILES string of the molecule is CCCCS([NH])(=O)=O. The Morgan fingerprint density at radius 3 is 2.12 bits per heavy atom. The Bertz CT molecular complexity index is 138. The minimum atomic E-state index is -3.44. The number of nitrogens with one attached hydrogen (secondary N) is 1. The van der Waals surface area contributed by atoms with Gasteiger partial charge in [-0.15, -0.1) is 5.14 Å². The van der Waals surface area contributed by atoms with Crippen LogP contribution in [0.4, 0.5) is 0 Å². The molecule has 0 aliphatic rings. The van der Waals surface area contributed by atoms with Gasteiger partial charge >= 0.3 is 0 Å². The summed E-state index contributed by atoms with van der Waals surface area (Å²) < 4.78 is 20.1. The first-order valence-electron chi connectivity index (χ1n) is 2.53. The molecule has 1 N–H and O–H groups in total. The summed E-state index contributed by atoms with van der Waals surface area (Å²) in [4.78, 5) is 0. The largest absolute Gasteiger partial charge is 0.225 e. The molecule has 0 aromatic rings. The van der Waals surface area contributed by atoms with Crippen molar-refractivity contribution in [3.05, 3.63) is 0 Å². The predicted molar refractivity (Wildman–Crippen MR) is 31.8 cm³/mol. The third kappa shape index (κ3) is 5.91. The van der Waals surface area contributed by atoms with E-state index in [9.17, 15) is 8.42 Å². The molecule has 0 aliphatic carbocycles. The van der Waals surface area contributed by atoms with Crippen molar-refractivity contribution in [2.75, 3.05) is 5.75 Å². The fourth-order valence-corrected chi connectivity index (χ4v) is 1.00. The van der Waals surface area contributed by atoms with E-state index in [0.29, 0.717) is 6.42 Å². The number of unbranched alkanes of at least 4 members (excludes halogenated alkanes) is 1. The van der Waals surface area contributed by atoms with Crippen molar-refractivity contribution in [3.63, 3.8) is 0 Å². The zero-order valence-corrected chi connectivity index (χ0v) is 5.66. The van der Waals surface area contributed by atoms with Crippen molar-refractivity contribution in [1.82, 2.24) is 5.14 Å². The average molecular weight is 136 g/mol. The maximum Gasteiger partial charge on any atom is 0.225 e. The zero-order chi connectivity index (χ0) is 6.62. The molecule has 8 heavy (non-hydrogen) atoms. The van der Waals surface area contributed by atoms with Crippen LogP contribution in [-0.2, 0) is 10.0 Å². The standard InChI is InChI=1S/C4H10NO2S/c1-2-3-4-8(5,6)7/h5H,2-4H2,1H3. The predicted octanol–water partition coefficient (Wildman–Crippen LogP) is 0.399. The van der Waals surface area contributed by atoms with Gasteiger partial charge in [-0.2, -0.15) is 0 Å². The summed E-state index contributed by atoms with van der Waals surface area (Å²) in [5, 5.41) is 6.41. The summed E-state index contributed by atoms with van der Waals surface area (Å²) in [6, 6.07) is 0. The van der Waals surface area contributed by atoms with Crippen LogP contribution in [0.5, 0.6) is 0 Å². The topological polar surface area (TPSA) is 57.9 Å². The molecule has 0 saturated heterocycles. The summed E-state index contributed by atoms with van der Waals surface area (Å²) in [7, 11) is -3.44. The second kappa shape index (κ2) is 3.04. The van der Waals surface area contributed by atoms with Crippen LogP contribution in [-0.4, -0.2) is 14.2 Å². The van der Waals surface area contributed by atoms with Crippen LogP contribution in [0.2, 0.25) is 0 Å². The Labute approximate surface area is 49.9 Å². The monoisotopic (exact) mass is 136 g/mol. The maximum absolute atomic E-state index is 10.1. The quantitative estimate of drug-likeness (QED) is 0.563. The van der Waals surface area contributed by atoms with Gasteiger partial charge < -0.3 is 0 Å². The van der Waals surface area contributed by atoms with Crippen molar-refractivity contribution < 1.29 is 8.42 Å². The molecule has 3 nitrogen and oxygen atoms in total. The average Bonchev–Trinajstić information content (AvgIpc) is 1.59. The molecule has 4 heteroatoms. The van der Waals surface area contributed by atoms with Crippen molar-refractivity contribution in [3.8, 4) is 0 Å². The van der Waals surface area contributed by atoms with Crippen molar-refractivity contribution in [2.45, 2.75) is 19.8 Å². The lowest BCUT2D eigenvalue weighted by molar-refractivity contribution is 0.593. The van der Waals surface area contributed by atoms with E-state index >= 15 is 0 Å². The first-order chi connectivity index (χ1) is 3.56. The number of hydrogen-bond acceptors (Lipinski definition) is 2. The van der Waals surface area contributed by atoms with E-state index in [4.69, 9.17) is 5.14 Å². The highest BCUT2D eigenvalue weighted by Crippen LogP contribution is 1.89. The summed E-state index contributed by atoms with van der Waals surface area (Å²) in [5.74, 6) is 0.00347. The fraction of sp³-hybridized carbons (Fsp3) is 1.00. The highest BCUT2D eigenvalue weighted by atomic mass is 32.2. The van der Waals surface area contributed by atoms with E-state index in [1.165, 1.54) is 0 Å². The molecule has 0 fully saturated rings. The molecular formula is C4H10NO2S. The zero-order valence-electron chi connectivity index (χ0n) is 4.85. The van der Waals surface area contributed by atoms with Gasteiger partial charge in [-0.25, -0.2) is 8.42 Å². The van der Waals surface area contributed by atoms with Crippen LogP contribution in [0.15, 0.2) is 0 Å². The van der Waals surface area contributed by atoms with Gasteiger partial charge in [0.2, 0.25) is 10.0 Å². The lowest BCUT2D eigenvalue weighted by Crippen LogP contribution is -2.04. The lowest BCUT2D eigenvalue weighted by Gasteiger charge is -1.90. The van der Waals surface area contributed by atoms with Crippen molar-refractivity contribution in [1.29, 1.82) is 0 Å². The second-order valence-electron chi connectivity index (χ2n) is 1.67. The fourth-order valence-electron chi connectivity index (χ4n) is 0.334. The van der Waals surface area contributed by atoms with E-state index < -0.39 is 10.0 Å². The Balaban J connectivity index is 3.42. The van der Waals surface area contributed by atoms with Crippen LogP contribution in [0, 0.1) is 0 Å². The Morgan fingerprint density at radius 2 is 2.00 bits per heavy atom. The summed E-state index contributed by atoms with van der Waals surface area (Å²) in [6.07, 6.45) is 1.43. The first-order valence-corrected chi connectivity index (χ1v) is 4.19. The minimum Gasteiger partial charge on any atom is -0.211 e. The first kappa shape index (κ1) is 7.91. The number of rotatable bonds is 3. The molecular weight excluding hydrogens is 126 g/mol. The van der Waals surface area contributed by atoms with Crippen LogP contribution < -0.4 is 5.14 Å². The molecule has 0 amide bonds. The van der Waals surface area contributed by atoms with Crippen molar-refractivity contribution in [2.24, 2.45) is 0 Å². The molecule has 0 aromatic heterocycles. The smallest absolute Gasteiger partial charge is 0.211 e. The molecule has 0 spiro atoms. The number of sulfonamides is 1. The van der Waals surface area contributed by atoms with Crippen LogP contribution in [0.1, 0.15) is 19.8 Å². The molecule has 1 radical (unpaired) electrons. The van der Waals surface area contributed by atoms with Gasteiger partial charge in [0.1, 0.15) is 0 Å². The molecule has 0 heterocycles. The summed E-state index contributed by atoms with van der Waals surface area (Å²) in [5.41, 5.74) is 0. The van der Waals surface area contributed by atoms with Gasteiger partial charge in [0.15, 0.2) is 0 Å². The molecule has 0 rings (SSSR count). The third-order valence-corrected chi connectivity index (χ3v) is 1.59. The van der Waals surface area contributed by atoms with E-state index in [2.05, 4.69) is 0 Å². The number of hydrogen-bond donors (Lipinski definition) is 0.